The summed E-state index contributed by atoms with van der Waals surface area (Å²) in [5, 5.41) is 45.1. The fourth-order valence-corrected chi connectivity index (χ4v) is 6.35. The second-order valence-corrected chi connectivity index (χ2v) is 10.7. The van der Waals surface area contributed by atoms with Gasteiger partial charge < -0.3 is 30.7 Å². The Balaban J connectivity index is 1.39. The molecule has 0 atom stereocenters. The van der Waals surface area contributed by atoms with E-state index in [1.165, 1.54) is 23.5 Å². The van der Waals surface area contributed by atoms with Gasteiger partial charge in [-0.05, 0) is 49.6 Å². The van der Waals surface area contributed by atoms with Crippen LogP contribution in [0.15, 0.2) is 82.1 Å². The molecule has 38 heavy (non-hydrogen) atoms. The average Bonchev–Trinajstić information content (AvgIpc) is 2.95. The molecular weight excluding hydrogens is 524 g/mol. The van der Waals surface area contributed by atoms with Crippen LogP contribution < -0.4 is 9.80 Å². The van der Waals surface area contributed by atoms with Crippen molar-refractivity contribution in [2.45, 2.75) is 12.8 Å². The second kappa shape index (κ2) is 13.6. The topological polar surface area (TPSA) is 106 Å². The minimum atomic E-state index is -0.0133. The maximum Gasteiger partial charge on any atom is 0.0983 e. The van der Waals surface area contributed by atoms with Crippen LogP contribution in [0.2, 0.25) is 0 Å². The van der Waals surface area contributed by atoms with E-state index in [-0.39, 0.29) is 10.5 Å². The van der Waals surface area contributed by atoms with Crippen LogP contribution in [0, 0.1) is 10.4 Å². The molecule has 206 valence electrons. The maximum atomic E-state index is 12.0. The summed E-state index contributed by atoms with van der Waals surface area (Å²) in [6.07, 6.45) is 5.54. The molecule has 12 heteroatoms. The molecule has 0 saturated heterocycles. The average molecular weight is 559 g/mol. The van der Waals surface area contributed by atoms with Gasteiger partial charge in [-0.15, -0.1) is 23.5 Å². The number of para-hydroxylation sites is 2. The number of hydroxylamine groups is 4. The molecule has 2 aliphatic rings. The number of nitrogens with zero attached hydrogens (tertiary/aromatic N) is 6. The van der Waals surface area contributed by atoms with Crippen molar-refractivity contribution in [1.29, 1.82) is 0 Å². The molecule has 2 N–H and O–H groups in total. The number of anilines is 2. The van der Waals surface area contributed by atoms with Gasteiger partial charge in [0.25, 0.3) is 0 Å². The van der Waals surface area contributed by atoms with Crippen molar-refractivity contribution in [2.75, 3.05) is 61.8 Å². The number of unbranched alkanes of at least 4 members (excludes halogenated alkanes) is 1. The highest BCUT2D eigenvalue weighted by Gasteiger charge is 2.28. The van der Waals surface area contributed by atoms with E-state index in [9.17, 15) is 20.8 Å². The molecule has 2 aliphatic heterocycles. The summed E-state index contributed by atoms with van der Waals surface area (Å²) >= 11 is 2.89. The van der Waals surface area contributed by atoms with Gasteiger partial charge in [0.05, 0.1) is 34.8 Å². The van der Waals surface area contributed by atoms with Gasteiger partial charge in [-0.2, -0.15) is 0 Å². The van der Waals surface area contributed by atoms with E-state index < -0.39 is 0 Å². The first-order valence-electron chi connectivity index (χ1n) is 12.4. The highest BCUT2D eigenvalue weighted by atomic mass is 32.2. The molecule has 2 aromatic rings. The molecule has 2 aromatic carbocycles. The van der Waals surface area contributed by atoms with Crippen LogP contribution in [-0.2, 0) is 0 Å². The zero-order valence-corrected chi connectivity index (χ0v) is 23.3. The van der Waals surface area contributed by atoms with Crippen LogP contribution in [0.1, 0.15) is 12.8 Å². The maximum absolute atomic E-state index is 12.0. The van der Waals surface area contributed by atoms with Crippen molar-refractivity contribution in [1.82, 2.24) is 20.3 Å². The van der Waals surface area contributed by atoms with Gasteiger partial charge in [0, 0.05) is 37.6 Å². The lowest BCUT2D eigenvalue weighted by atomic mass is 10.2. The normalized spacial score (nSPS) is 17.4. The van der Waals surface area contributed by atoms with Crippen LogP contribution in [0.3, 0.4) is 0 Å². The third-order valence-corrected chi connectivity index (χ3v) is 8.28. The lowest BCUT2D eigenvalue weighted by molar-refractivity contribution is -0.0149. The summed E-state index contributed by atoms with van der Waals surface area (Å²) in [7, 11) is 0. The Kier molecular flexibility index (Phi) is 10.2. The Morgan fingerprint density at radius 2 is 1.05 bits per heavy atom. The summed E-state index contributed by atoms with van der Waals surface area (Å²) in [5.74, 6) is 0. The summed E-state index contributed by atoms with van der Waals surface area (Å²) in [5.41, 5.74) is 2.59. The number of rotatable bonds is 11. The van der Waals surface area contributed by atoms with E-state index in [1.807, 2.05) is 73.2 Å². The lowest BCUT2D eigenvalue weighted by Crippen LogP contribution is -2.47. The molecule has 0 spiro atoms. The number of hydrogen-bond acceptors (Lipinski definition) is 12. The predicted molar refractivity (Wildman–Crippen MR) is 155 cm³/mol. The van der Waals surface area contributed by atoms with Crippen molar-refractivity contribution in [3.63, 3.8) is 0 Å². The third-order valence-electron chi connectivity index (χ3n) is 6.60. The molecule has 10 nitrogen and oxygen atoms in total. The van der Waals surface area contributed by atoms with Crippen molar-refractivity contribution < 1.29 is 10.4 Å². The summed E-state index contributed by atoms with van der Waals surface area (Å²) < 4.78 is 0. The number of thioether (sulfide) groups is 2. The minimum absolute atomic E-state index is 0.0133. The SMILES string of the molecule is CSC1=C(N([O-])O)CN(CCCCN2CC(N([O-])O)=C(SC)N(c3ccccc3)C2)CN1c1ccccc1. The molecule has 0 radical (unpaired) electrons. The molecule has 0 amide bonds. The summed E-state index contributed by atoms with van der Waals surface area (Å²) in [6, 6.07) is 19.7. The smallest absolute Gasteiger partial charge is 0.0983 e. The van der Waals surface area contributed by atoms with Gasteiger partial charge in [-0.3, -0.25) is 20.2 Å². The summed E-state index contributed by atoms with van der Waals surface area (Å²) in [6.45, 7) is 3.44. The molecule has 2 heterocycles. The Morgan fingerprint density at radius 3 is 1.37 bits per heavy atom. The Labute approximate surface area is 232 Å². The Bertz CT molecular complexity index is 1020. The number of hydrogen-bond donors (Lipinski definition) is 2. The van der Waals surface area contributed by atoms with Gasteiger partial charge in [-0.1, -0.05) is 36.4 Å². The van der Waals surface area contributed by atoms with Crippen LogP contribution in [0.5, 0.6) is 0 Å². The standard InChI is InChI=1S/C26H34N6O4S2/c1-37-25-23(31(33)34)17-27(19-29(25)21-11-5-3-6-12-21)15-9-10-16-28-18-24(32(35)36)26(38-2)30(20-28)22-13-7-4-8-14-22/h3-8,11-14,33,35H,9-10,15-20H2,1-2H3/q-2. The Morgan fingerprint density at radius 1 is 0.684 bits per heavy atom. The Hall–Kier alpha value is -2.42. The van der Waals surface area contributed by atoms with Crippen molar-refractivity contribution in [3.8, 4) is 0 Å². The lowest BCUT2D eigenvalue weighted by Gasteiger charge is -2.43. The first-order valence-corrected chi connectivity index (χ1v) is 14.8. The molecular formula is C26H34N6O4S2-2. The largest absolute Gasteiger partial charge is 0.734 e. The van der Waals surface area contributed by atoms with E-state index in [0.29, 0.717) is 37.8 Å². The van der Waals surface area contributed by atoms with Crippen LogP contribution >= 0.6 is 23.5 Å². The molecule has 0 fully saturated rings. The fourth-order valence-electron chi connectivity index (χ4n) is 4.82. The van der Waals surface area contributed by atoms with E-state index in [1.54, 1.807) is 0 Å². The van der Waals surface area contributed by atoms with E-state index >= 15 is 0 Å². The second-order valence-electron chi connectivity index (χ2n) is 9.08. The molecule has 0 bridgehead atoms. The molecule has 4 rings (SSSR count). The number of benzene rings is 2. The molecule has 0 saturated carbocycles. The third kappa shape index (κ3) is 6.77. The van der Waals surface area contributed by atoms with E-state index in [4.69, 9.17) is 0 Å². The van der Waals surface area contributed by atoms with Gasteiger partial charge in [0.2, 0.25) is 0 Å². The highest BCUT2D eigenvalue weighted by molar-refractivity contribution is 8.02. The van der Waals surface area contributed by atoms with Crippen LogP contribution in [0.25, 0.3) is 0 Å². The monoisotopic (exact) mass is 558 g/mol. The van der Waals surface area contributed by atoms with Gasteiger partial charge in [-0.25, -0.2) is 0 Å². The van der Waals surface area contributed by atoms with Crippen molar-refractivity contribution in [2.24, 2.45) is 0 Å². The molecule has 0 aromatic heterocycles. The van der Waals surface area contributed by atoms with Crippen LogP contribution in [0.4, 0.5) is 11.4 Å². The van der Waals surface area contributed by atoms with E-state index in [0.717, 1.165) is 47.4 Å². The van der Waals surface area contributed by atoms with Crippen molar-refractivity contribution in [3.05, 3.63) is 92.5 Å². The highest BCUT2D eigenvalue weighted by Crippen LogP contribution is 2.34. The quantitative estimate of drug-likeness (QED) is 0.293. The predicted octanol–water partition coefficient (Wildman–Crippen LogP) is 4.77. The first kappa shape index (κ1) is 28.6. The first-order chi connectivity index (χ1) is 18.4. The van der Waals surface area contributed by atoms with Crippen molar-refractivity contribution >= 4 is 34.9 Å². The molecule has 0 aliphatic carbocycles. The minimum Gasteiger partial charge on any atom is -0.734 e. The van der Waals surface area contributed by atoms with Gasteiger partial charge in [0.1, 0.15) is 0 Å². The summed E-state index contributed by atoms with van der Waals surface area (Å²) in [4.78, 5) is 8.41. The molecule has 0 unspecified atom stereocenters. The van der Waals surface area contributed by atoms with Crippen LogP contribution in [-0.4, -0.2) is 82.7 Å². The zero-order valence-electron chi connectivity index (χ0n) is 21.6. The van der Waals surface area contributed by atoms with Gasteiger partial charge in [0.15, 0.2) is 0 Å². The van der Waals surface area contributed by atoms with E-state index in [2.05, 4.69) is 19.6 Å². The van der Waals surface area contributed by atoms with Gasteiger partial charge >= 0.3 is 0 Å². The zero-order chi connectivity index (χ0) is 27.1. The fraction of sp³-hybridized carbons (Fsp3) is 0.385.